The SMILES string of the molecule is CC1(C)c2ccccc2N(c2c3ccccc3c(-c3cccc4ccccc34)c3c2cnc2ccccc23)c2ccccc21. The fourth-order valence-corrected chi connectivity index (χ4v) is 7.65. The summed E-state index contributed by atoms with van der Waals surface area (Å²) in [5.74, 6) is 0. The van der Waals surface area contributed by atoms with Crippen molar-refractivity contribution in [2.24, 2.45) is 0 Å². The Kier molecular flexibility index (Phi) is 5.28. The van der Waals surface area contributed by atoms with Gasteiger partial charge in [-0.2, -0.15) is 0 Å². The van der Waals surface area contributed by atoms with Gasteiger partial charge in [0.1, 0.15) is 0 Å². The van der Waals surface area contributed by atoms with Crippen molar-refractivity contribution in [3.05, 3.63) is 157 Å². The van der Waals surface area contributed by atoms with Crippen molar-refractivity contribution < 1.29 is 0 Å². The van der Waals surface area contributed by atoms with Crippen LogP contribution in [0, 0.1) is 0 Å². The number of aromatic nitrogens is 1. The third-order valence-corrected chi connectivity index (χ3v) is 9.65. The van der Waals surface area contributed by atoms with Gasteiger partial charge in [-0.05, 0) is 56.6 Å². The summed E-state index contributed by atoms with van der Waals surface area (Å²) in [6.07, 6.45) is 2.11. The van der Waals surface area contributed by atoms with Crippen molar-refractivity contribution >= 4 is 60.3 Å². The zero-order valence-electron chi connectivity index (χ0n) is 24.8. The topological polar surface area (TPSA) is 16.1 Å². The highest BCUT2D eigenvalue weighted by Crippen LogP contribution is 2.56. The van der Waals surface area contributed by atoms with Gasteiger partial charge in [-0.25, -0.2) is 0 Å². The summed E-state index contributed by atoms with van der Waals surface area (Å²) in [4.78, 5) is 7.59. The van der Waals surface area contributed by atoms with E-state index in [1.807, 2.05) is 0 Å². The second kappa shape index (κ2) is 9.26. The molecule has 0 bridgehead atoms. The largest absolute Gasteiger partial charge is 0.309 e. The van der Waals surface area contributed by atoms with Crippen LogP contribution in [0.4, 0.5) is 17.1 Å². The van der Waals surface area contributed by atoms with Gasteiger partial charge in [-0.3, -0.25) is 4.98 Å². The highest BCUT2D eigenvalue weighted by molar-refractivity contribution is 6.29. The number of rotatable bonds is 2. The molecular weight excluding hydrogens is 532 g/mol. The molecule has 0 N–H and O–H groups in total. The van der Waals surface area contributed by atoms with Gasteiger partial charge in [0.05, 0.1) is 22.6 Å². The molecule has 1 aromatic heterocycles. The number of fused-ring (bicyclic) bond motifs is 7. The van der Waals surface area contributed by atoms with Crippen LogP contribution in [0.2, 0.25) is 0 Å². The minimum absolute atomic E-state index is 0.136. The van der Waals surface area contributed by atoms with Crippen molar-refractivity contribution in [2.75, 3.05) is 4.90 Å². The summed E-state index contributed by atoms with van der Waals surface area (Å²) < 4.78 is 0. The fourth-order valence-electron chi connectivity index (χ4n) is 7.65. The molecule has 0 fully saturated rings. The maximum atomic E-state index is 5.08. The highest BCUT2D eigenvalue weighted by Gasteiger charge is 2.37. The van der Waals surface area contributed by atoms with Gasteiger partial charge in [-0.15, -0.1) is 0 Å². The molecule has 8 aromatic rings. The zero-order valence-corrected chi connectivity index (χ0v) is 24.8. The predicted octanol–water partition coefficient (Wildman–Crippen LogP) is 11.5. The van der Waals surface area contributed by atoms with Gasteiger partial charge in [0.2, 0.25) is 0 Å². The average molecular weight is 563 g/mol. The molecule has 1 aliphatic heterocycles. The van der Waals surface area contributed by atoms with E-state index in [4.69, 9.17) is 4.98 Å². The quantitative estimate of drug-likeness (QED) is 0.154. The lowest BCUT2D eigenvalue weighted by molar-refractivity contribution is 0.632. The standard InChI is InChI=1S/C42H30N2/c1-42(2)34-21-8-11-24-37(34)44(38-25-12-9-22-35(38)42)41-31-18-6-5-17-30(31)39(29-20-13-15-27-14-3-4-16-28(27)29)40-32-19-7-10-23-36(32)43-26-33(40)41/h3-26H,1-2H3. The van der Waals surface area contributed by atoms with E-state index < -0.39 is 0 Å². The molecule has 0 aliphatic carbocycles. The Morgan fingerprint density at radius 1 is 0.500 bits per heavy atom. The molecule has 0 saturated carbocycles. The fraction of sp³-hybridized carbons (Fsp3) is 0.0714. The molecule has 208 valence electrons. The Bertz CT molecular complexity index is 2380. The normalized spacial score (nSPS) is 13.8. The van der Waals surface area contributed by atoms with Gasteiger partial charge in [-0.1, -0.05) is 135 Å². The van der Waals surface area contributed by atoms with Crippen molar-refractivity contribution in [1.82, 2.24) is 4.98 Å². The Labute approximate surface area is 256 Å². The average Bonchev–Trinajstić information content (AvgIpc) is 3.08. The molecule has 9 rings (SSSR count). The van der Waals surface area contributed by atoms with Gasteiger partial charge < -0.3 is 4.90 Å². The molecule has 1 aliphatic rings. The molecule has 2 nitrogen and oxygen atoms in total. The van der Waals surface area contributed by atoms with E-state index in [1.165, 1.54) is 71.6 Å². The summed E-state index contributed by atoms with van der Waals surface area (Å²) in [5.41, 5.74) is 9.62. The second-order valence-electron chi connectivity index (χ2n) is 12.4. The third-order valence-electron chi connectivity index (χ3n) is 9.65. The van der Waals surface area contributed by atoms with Crippen molar-refractivity contribution in [3.8, 4) is 11.1 Å². The van der Waals surface area contributed by atoms with Gasteiger partial charge in [0, 0.05) is 33.2 Å². The molecule has 0 atom stereocenters. The summed E-state index contributed by atoms with van der Waals surface area (Å²) >= 11 is 0. The van der Waals surface area contributed by atoms with E-state index in [1.54, 1.807) is 0 Å². The van der Waals surface area contributed by atoms with E-state index in [0.29, 0.717) is 0 Å². The van der Waals surface area contributed by atoms with E-state index in [-0.39, 0.29) is 5.41 Å². The summed E-state index contributed by atoms with van der Waals surface area (Å²) in [7, 11) is 0. The monoisotopic (exact) mass is 562 g/mol. The maximum absolute atomic E-state index is 5.08. The number of para-hydroxylation sites is 3. The molecule has 44 heavy (non-hydrogen) atoms. The third kappa shape index (κ3) is 3.40. The smallest absolute Gasteiger partial charge is 0.0708 e. The first kappa shape index (κ1) is 25.1. The van der Waals surface area contributed by atoms with E-state index in [2.05, 4.69) is 164 Å². The molecule has 2 heterocycles. The van der Waals surface area contributed by atoms with Crippen molar-refractivity contribution in [1.29, 1.82) is 0 Å². The number of benzene rings is 7. The van der Waals surface area contributed by atoms with Crippen LogP contribution < -0.4 is 4.90 Å². The van der Waals surface area contributed by atoms with Crippen LogP contribution in [-0.2, 0) is 5.41 Å². The first-order valence-electron chi connectivity index (χ1n) is 15.3. The zero-order chi connectivity index (χ0) is 29.4. The molecule has 0 amide bonds. The van der Waals surface area contributed by atoms with Gasteiger partial charge in [0.15, 0.2) is 0 Å². The molecule has 7 aromatic carbocycles. The van der Waals surface area contributed by atoms with Crippen LogP contribution in [0.25, 0.3) is 54.3 Å². The van der Waals surface area contributed by atoms with Crippen molar-refractivity contribution in [2.45, 2.75) is 19.3 Å². The lowest BCUT2D eigenvalue weighted by Crippen LogP contribution is -2.30. The number of nitrogens with zero attached hydrogens (tertiary/aromatic N) is 2. The first-order valence-corrected chi connectivity index (χ1v) is 15.3. The van der Waals surface area contributed by atoms with Crippen LogP contribution >= 0.6 is 0 Å². The highest BCUT2D eigenvalue weighted by atomic mass is 15.2. The summed E-state index contributed by atoms with van der Waals surface area (Å²) in [6.45, 7) is 4.69. The summed E-state index contributed by atoms with van der Waals surface area (Å²) in [5, 5.41) is 8.50. The lowest BCUT2D eigenvalue weighted by atomic mass is 9.73. The van der Waals surface area contributed by atoms with E-state index in [9.17, 15) is 0 Å². The first-order chi connectivity index (χ1) is 21.6. The molecule has 2 heteroatoms. The van der Waals surface area contributed by atoms with Crippen LogP contribution in [0.5, 0.6) is 0 Å². The van der Waals surface area contributed by atoms with Crippen LogP contribution in [-0.4, -0.2) is 4.98 Å². The van der Waals surface area contributed by atoms with Gasteiger partial charge in [0.25, 0.3) is 0 Å². The van der Waals surface area contributed by atoms with E-state index >= 15 is 0 Å². The molecular formula is C42H30N2. The Hall–Kier alpha value is -5.47. The Morgan fingerprint density at radius 3 is 1.82 bits per heavy atom. The van der Waals surface area contributed by atoms with Crippen molar-refractivity contribution in [3.63, 3.8) is 0 Å². The van der Waals surface area contributed by atoms with E-state index in [0.717, 1.165) is 10.9 Å². The number of hydrogen-bond acceptors (Lipinski definition) is 2. The molecule has 0 radical (unpaired) electrons. The maximum Gasteiger partial charge on any atom is 0.0708 e. The predicted molar refractivity (Wildman–Crippen MR) is 187 cm³/mol. The number of anilines is 3. The molecule has 0 spiro atoms. The molecule has 0 saturated heterocycles. The van der Waals surface area contributed by atoms with Crippen LogP contribution in [0.15, 0.2) is 146 Å². The van der Waals surface area contributed by atoms with Crippen LogP contribution in [0.3, 0.4) is 0 Å². The summed E-state index contributed by atoms with van der Waals surface area (Å²) in [6, 6.07) is 50.7. The number of hydrogen-bond donors (Lipinski definition) is 0. The lowest BCUT2D eigenvalue weighted by Gasteiger charge is -2.42. The minimum Gasteiger partial charge on any atom is -0.309 e. The Balaban J connectivity index is 1.52. The second-order valence-corrected chi connectivity index (χ2v) is 12.4. The number of pyridine rings is 1. The Morgan fingerprint density at radius 2 is 1.07 bits per heavy atom. The minimum atomic E-state index is -0.136. The molecule has 0 unspecified atom stereocenters. The van der Waals surface area contributed by atoms with Crippen LogP contribution in [0.1, 0.15) is 25.0 Å². The van der Waals surface area contributed by atoms with Gasteiger partial charge >= 0.3 is 0 Å².